The van der Waals surface area contributed by atoms with Crippen LogP contribution in [0, 0.1) is 5.41 Å². The summed E-state index contributed by atoms with van der Waals surface area (Å²) in [6, 6.07) is 7.88. The van der Waals surface area contributed by atoms with Crippen LogP contribution in [-0.2, 0) is 0 Å². The fraction of sp³-hybridized carbons (Fsp3) is 0.385. The molecule has 0 fully saturated rings. The smallest absolute Gasteiger partial charge is 0.0481 e. The molecular formula is C13H18ClN. The van der Waals surface area contributed by atoms with E-state index in [4.69, 9.17) is 17.3 Å². The lowest BCUT2D eigenvalue weighted by atomic mass is 9.82. The fourth-order valence-electron chi connectivity index (χ4n) is 1.62. The van der Waals surface area contributed by atoms with E-state index in [0.29, 0.717) is 6.54 Å². The molecule has 0 bridgehead atoms. The Bertz CT molecular complexity index is 361. The molecule has 0 aliphatic rings. The minimum absolute atomic E-state index is 0.0599. The maximum Gasteiger partial charge on any atom is 0.0481 e. The first-order chi connectivity index (χ1) is 6.96. The van der Waals surface area contributed by atoms with E-state index in [0.717, 1.165) is 10.6 Å². The Labute approximate surface area is 96.9 Å². The first kappa shape index (κ1) is 12.3. The highest BCUT2D eigenvalue weighted by Gasteiger charge is 2.19. The van der Waals surface area contributed by atoms with E-state index in [2.05, 4.69) is 20.8 Å². The van der Waals surface area contributed by atoms with Crippen molar-refractivity contribution < 1.29 is 0 Å². The second kappa shape index (κ2) is 4.82. The summed E-state index contributed by atoms with van der Waals surface area (Å²) in [6.45, 7) is 7.03. The summed E-state index contributed by atoms with van der Waals surface area (Å²) in [4.78, 5) is 0. The van der Waals surface area contributed by atoms with Crippen LogP contribution < -0.4 is 5.73 Å². The van der Waals surface area contributed by atoms with Crippen LogP contribution in [0.1, 0.15) is 26.3 Å². The Morgan fingerprint density at radius 1 is 1.33 bits per heavy atom. The quantitative estimate of drug-likeness (QED) is 0.813. The molecule has 1 nitrogen and oxygen atoms in total. The molecule has 15 heavy (non-hydrogen) atoms. The summed E-state index contributed by atoms with van der Waals surface area (Å²) in [5, 5.41) is 0.784. The average molecular weight is 224 g/mol. The normalized spacial score (nSPS) is 13.0. The first-order valence-electron chi connectivity index (χ1n) is 5.12. The molecule has 0 saturated carbocycles. The van der Waals surface area contributed by atoms with Crippen molar-refractivity contribution in [3.8, 4) is 0 Å². The fourth-order valence-corrected chi connectivity index (χ4v) is 1.86. The summed E-state index contributed by atoms with van der Waals surface area (Å²) < 4.78 is 0. The predicted octanol–water partition coefficient (Wildman–Crippen LogP) is 3.73. The second-order valence-corrected chi connectivity index (χ2v) is 4.99. The molecule has 0 unspecified atom stereocenters. The zero-order chi connectivity index (χ0) is 11.5. The SMILES string of the molecule is CC(C)(C)/C(=C/CN)c1ccccc1Cl. The van der Waals surface area contributed by atoms with Gasteiger partial charge in [0.2, 0.25) is 0 Å². The summed E-state index contributed by atoms with van der Waals surface area (Å²) >= 11 is 6.18. The van der Waals surface area contributed by atoms with Crippen molar-refractivity contribution >= 4 is 17.2 Å². The van der Waals surface area contributed by atoms with Crippen LogP contribution >= 0.6 is 11.6 Å². The number of nitrogens with two attached hydrogens (primary N) is 1. The molecule has 2 N–H and O–H groups in total. The van der Waals surface area contributed by atoms with Crippen LogP contribution in [-0.4, -0.2) is 6.54 Å². The van der Waals surface area contributed by atoms with E-state index < -0.39 is 0 Å². The third-order valence-electron chi connectivity index (χ3n) is 2.29. The van der Waals surface area contributed by atoms with Gasteiger partial charge in [-0.25, -0.2) is 0 Å². The van der Waals surface area contributed by atoms with Crippen LogP contribution in [0.5, 0.6) is 0 Å². The highest BCUT2D eigenvalue weighted by Crippen LogP contribution is 2.36. The highest BCUT2D eigenvalue weighted by molar-refractivity contribution is 6.32. The Morgan fingerprint density at radius 2 is 1.93 bits per heavy atom. The molecule has 0 aliphatic carbocycles. The molecule has 0 radical (unpaired) electrons. The highest BCUT2D eigenvalue weighted by atomic mass is 35.5. The van der Waals surface area contributed by atoms with Crippen LogP contribution in [0.15, 0.2) is 30.3 Å². The van der Waals surface area contributed by atoms with Crippen molar-refractivity contribution in [2.75, 3.05) is 6.54 Å². The van der Waals surface area contributed by atoms with Gasteiger partial charge in [0, 0.05) is 11.6 Å². The standard InChI is InChI=1S/C13H18ClN/c1-13(2,3)11(8-9-15)10-6-4-5-7-12(10)14/h4-8H,9,15H2,1-3H3/b11-8+. The third kappa shape index (κ3) is 3.08. The van der Waals surface area contributed by atoms with Gasteiger partial charge in [-0.3, -0.25) is 0 Å². The van der Waals surface area contributed by atoms with Crippen molar-refractivity contribution in [2.24, 2.45) is 11.1 Å². The van der Waals surface area contributed by atoms with Gasteiger partial charge in [0.15, 0.2) is 0 Å². The predicted molar refractivity (Wildman–Crippen MR) is 67.9 cm³/mol. The zero-order valence-electron chi connectivity index (χ0n) is 9.55. The van der Waals surface area contributed by atoms with Crippen molar-refractivity contribution in [3.05, 3.63) is 40.9 Å². The zero-order valence-corrected chi connectivity index (χ0v) is 10.3. The third-order valence-corrected chi connectivity index (χ3v) is 2.62. The van der Waals surface area contributed by atoms with E-state index >= 15 is 0 Å². The maximum atomic E-state index is 6.18. The summed E-state index contributed by atoms with van der Waals surface area (Å²) in [5.41, 5.74) is 7.94. The van der Waals surface area contributed by atoms with Gasteiger partial charge in [-0.05, 0) is 22.6 Å². The number of halogens is 1. The molecule has 0 saturated heterocycles. The van der Waals surface area contributed by atoms with Gasteiger partial charge in [0.25, 0.3) is 0 Å². The van der Waals surface area contributed by atoms with Gasteiger partial charge in [-0.1, -0.05) is 56.6 Å². The number of rotatable bonds is 2. The van der Waals surface area contributed by atoms with E-state index in [1.54, 1.807) is 0 Å². The minimum Gasteiger partial charge on any atom is -0.327 e. The second-order valence-electron chi connectivity index (χ2n) is 4.58. The summed E-state index contributed by atoms with van der Waals surface area (Å²) in [6.07, 6.45) is 2.04. The Hall–Kier alpha value is -0.790. The molecule has 0 aliphatic heterocycles. The molecule has 1 rings (SSSR count). The number of benzene rings is 1. The topological polar surface area (TPSA) is 26.0 Å². The Kier molecular flexibility index (Phi) is 3.95. The van der Waals surface area contributed by atoms with Gasteiger partial charge in [0.1, 0.15) is 0 Å². The molecule has 0 heterocycles. The first-order valence-corrected chi connectivity index (χ1v) is 5.50. The van der Waals surface area contributed by atoms with Crippen LogP contribution in [0.2, 0.25) is 5.02 Å². The monoisotopic (exact) mass is 223 g/mol. The van der Waals surface area contributed by atoms with Gasteiger partial charge in [0.05, 0.1) is 0 Å². The van der Waals surface area contributed by atoms with Crippen LogP contribution in [0.4, 0.5) is 0 Å². The van der Waals surface area contributed by atoms with Crippen molar-refractivity contribution in [1.29, 1.82) is 0 Å². The summed E-state index contributed by atoms with van der Waals surface area (Å²) in [5.74, 6) is 0. The van der Waals surface area contributed by atoms with E-state index in [-0.39, 0.29) is 5.41 Å². The number of hydrogen-bond donors (Lipinski definition) is 1. The van der Waals surface area contributed by atoms with E-state index in [1.165, 1.54) is 5.57 Å². The molecule has 1 aromatic carbocycles. The minimum atomic E-state index is 0.0599. The number of allylic oxidation sites excluding steroid dienone is 1. The molecule has 2 heteroatoms. The lowest BCUT2D eigenvalue weighted by Crippen LogP contribution is -2.11. The van der Waals surface area contributed by atoms with Crippen molar-refractivity contribution in [2.45, 2.75) is 20.8 Å². The molecule has 1 aromatic rings. The molecule has 0 atom stereocenters. The van der Waals surface area contributed by atoms with E-state index in [1.807, 2.05) is 30.3 Å². The van der Waals surface area contributed by atoms with Gasteiger partial charge in [-0.2, -0.15) is 0 Å². The van der Waals surface area contributed by atoms with Crippen molar-refractivity contribution in [1.82, 2.24) is 0 Å². The van der Waals surface area contributed by atoms with Crippen LogP contribution in [0.3, 0.4) is 0 Å². The molecule has 0 aromatic heterocycles. The molecule has 0 amide bonds. The van der Waals surface area contributed by atoms with Gasteiger partial charge >= 0.3 is 0 Å². The molecular weight excluding hydrogens is 206 g/mol. The molecule has 82 valence electrons. The average Bonchev–Trinajstić information content (AvgIpc) is 2.14. The van der Waals surface area contributed by atoms with Crippen molar-refractivity contribution in [3.63, 3.8) is 0 Å². The van der Waals surface area contributed by atoms with Gasteiger partial charge < -0.3 is 5.73 Å². The Balaban J connectivity index is 3.24. The summed E-state index contributed by atoms with van der Waals surface area (Å²) in [7, 11) is 0. The largest absolute Gasteiger partial charge is 0.327 e. The Morgan fingerprint density at radius 3 is 2.40 bits per heavy atom. The molecule has 0 spiro atoms. The van der Waals surface area contributed by atoms with Gasteiger partial charge in [-0.15, -0.1) is 0 Å². The number of hydrogen-bond acceptors (Lipinski definition) is 1. The van der Waals surface area contributed by atoms with Crippen LogP contribution in [0.25, 0.3) is 5.57 Å². The lowest BCUT2D eigenvalue weighted by Gasteiger charge is -2.24. The maximum absolute atomic E-state index is 6.18. The van der Waals surface area contributed by atoms with E-state index in [9.17, 15) is 0 Å². The lowest BCUT2D eigenvalue weighted by molar-refractivity contribution is 0.566.